The summed E-state index contributed by atoms with van der Waals surface area (Å²) in [7, 11) is 0. The van der Waals surface area contributed by atoms with Crippen LogP contribution in [0.1, 0.15) is 74.1 Å². The molecule has 0 aromatic heterocycles. The molecule has 0 saturated carbocycles. The van der Waals surface area contributed by atoms with Gasteiger partial charge >= 0.3 is 30.3 Å². The van der Waals surface area contributed by atoms with Crippen LogP contribution in [0.4, 0.5) is 26.3 Å². The lowest BCUT2D eigenvalue weighted by atomic mass is 9.96. The van der Waals surface area contributed by atoms with Gasteiger partial charge in [-0.2, -0.15) is 26.3 Å². The van der Waals surface area contributed by atoms with E-state index in [2.05, 4.69) is 36.1 Å². The third-order valence-corrected chi connectivity index (χ3v) is 10.1. The Balaban J connectivity index is 6.43. The molecule has 0 aliphatic carbocycles. The standard InChI is InChI=1S/C40H65F6N11O15/c1-8-18(6)26(56-29(61)20(10-9-11-50-38(48)49)53-30(62)21(12-16(2)3)54-32(64)25(47)28(60)17(4)5)34(66)57-27(19(7)58)33(65)51-13-24(59)52-22(14-71-36(69)39(41,42)43)31(63)55-23(35(67)68)15-72-37(70)40(44,45)46/h16-23,25-28,58,60H,8-15,47H2,1-7H3,(H,51,65)(H,52,59)(H,53,62)(H,54,64)(H,55,63)(H,56,61)(H,57,66)(H,67,68)(H4,48,49,50)/t18-,19-,20+,21-,22-,23-,25-,26-,27-,28+/m0/s1. The zero-order valence-corrected chi connectivity index (χ0v) is 40.2. The number of carboxylic acids is 1. The van der Waals surface area contributed by atoms with Crippen LogP contribution in [-0.4, -0.2) is 174 Å². The summed E-state index contributed by atoms with van der Waals surface area (Å²) in [6.07, 6.45) is -14.2. The number of aliphatic carboxylic acids is 1. The van der Waals surface area contributed by atoms with Crippen molar-refractivity contribution in [1.82, 2.24) is 42.5 Å². The van der Waals surface area contributed by atoms with E-state index in [1.807, 2.05) is 5.32 Å². The van der Waals surface area contributed by atoms with Crippen molar-refractivity contribution in [2.75, 3.05) is 26.3 Å². The lowest BCUT2D eigenvalue weighted by Crippen LogP contribution is -2.62. The van der Waals surface area contributed by atoms with Crippen LogP contribution < -0.4 is 54.0 Å². The zero-order valence-electron chi connectivity index (χ0n) is 40.2. The van der Waals surface area contributed by atoms with Crippen molar-refractivity contribution in [1.29, 1.82) is 5.41 Å². The van der Waals surface area contributed by atoms with E-state index in [1.165, 1.54) is 12.2 Å². The number of halogens is 6. The number of aliphatic hydroxyl groups excluding tert-OH is 2. The van der Waals surface area contributed by atoms with Gasteiger partial charge in [0.25, 0.3) is 0 Å². The molecule has 0 heterocycles. The van der Waals surface area contributed by atoms with E-state index in [0.29, 0.717) is 0 Å². The van der Waals surface area contributed by atoms with Crippen LogP contribution >= 0.6 is 0 Å². The van der Waals surface area contributed by atoms with Crippen LogP contribution in [0.15, 0.2) is 0 Å². The van der Waals surface area contributed by atoms with Gasteiger partial charge in [-0.25, -0.2) is 14.4 Å². The van der Waals surface area contributed by atoms with Gasteiger partial charge in [-0.15, -0.1) is 0 Å². The SMILES string of the molecule is CC[C@H](C)[C@H](NC(=O)[C@@H](CCCNC(=N)N)NC(=O)[C@H](CC(C)C)NC(=O)[C@@H](N)[C@H](O)C(C)C)C(=O)N[C@H](C(=O)NCC(=O)N[C@@H](COC(=O)C(F)(F)F)C(=O)N[C@@H](COC(=O)C(F)(F)F)C(=O)O)[C@H](C)O. The molecule has 0 radical (unpaired) electrons. The smallest absolute Gasteiger partial charge is 0.480 e. The summed E-state index contributed by atoms with van der Waals surface area (Å²) >= 11 is 0. The number of alkyl halides is 6. The van der Waals surface area contributed by atoms with E-state index in [-0.39, 0.29) is 38.1 Å². The lowest BCUT2D eigenvalue weighted by Gasteiger charge is -2.30. The van der Waals surface area contributed by atoms with Crippen molar-refractivity contribution < 1.29 is 99.1 Å². The van der Waals surface area contributed by atoms with Crippen LogP contribution in [0.3, 0.4) is 0 Å². The Morgan fingerprint density at radius 1 is 0.625 bits per heavy atom. The van der Waals surface area contributed by atoms with Crippen molar-refractivity contribution in [3.63, 3.8) is 0 Å². The number of esters is 2. The Hall–Kier alpha value is -6.57. The molecule has 7 amide bonds. The van der Waals surface area contributed by atoms with Crippen molar-refractivity contribution >= 4 is 65.2 Å². The molecule has 0 aliphatic rings. The van der Waals surface area contributed by atoms with E-state index in [0.717, 1.165) is 6.92 Å². The van der Waals surface area contributed by atoms with Crippen LogP contribution in [0.2, 0.25) is 0 Å². The van der Waals surface area contributed by atoms with Gasteiger partial charge in [0.1, 0.15) is 49.5 Å². The Bertz CT molecular complexity index is 1910. The lowest BCUT2D eigenvalue weighted by molar-refractivity contribution is -0.201. The molecule has 0 unspecified atom stereocenters. The van der Waals surface area contributed by atoms with Crippen LogP contribution in [0.25, 0.3) is 0 Å². The highest BCUT2D eigenvalue weighted by molar-refractivity contribution is 5.97. The molecule has 32 heteroatoms. The number of guanidine groups is 1. The minimum Gasteiger partial charge on any atom is -0.480 e. The summed E-state index contributed by atoms with van der Waals surface area (Å²) < 4.78 is 83.9. The Labute approximate surface area is 408 Å². The maximum absolute atomic E-state index is 14.0. The zero-order chi connectivity index (χ0) is 56.0. The van der Waals surface area contributed by atoms with Gasteiger partial charge in [0.2, 0.25) is 41.4 Å². The van der Waals surface area contributed by atoms with Gasteiger partial charge in [0.05, 0.1) is 18.8 Å². The molecule has 16 N–H and O–H groups in total. The molecular weight excluding hydrogens is 988 g/mol. The summed E-state index contributed by atoms with van der Waals surface area (Å²) in [6.45, 7) is 6.25. The highest BCUT2D eigenvalue weighted by atomic mass is 19.4. The van der Waals surface area contributed by atoms with E-state index >= 15 is 0 Å². The molecule has 412 valence electrons. The second-order valence-electron chi connectivity index (χ2n) is 17.0. The number of nitrogens with two attached hydrogens (primary N) is 2. The first-order valence-electron chi connectivity index (χ1n) is 22.0. The fourth-order valence-electron chi connectivity index (χ4n) is 5.85. The number of hydrogen-bond donors (Lipinski definition) is 14. The number of amides is 7. The monoisotopic (exact) mass is 1050 g/mol. The fraction of sp³-hybridized carbons (Fsp3) is 0.725. The van der Waals surface area contributed by atoms with Gasteiger partial charge < -0.3 is 78.8 Å². The van der Waals surface area contributed by atoms with E-state index in [1.54, 1.807) is 39.9 Å². The number of carboxylic acid groups (broad SMARTS) is 1. The molecule has 10 atom stereocenters. The highest BCUT2D eigenvalue weighted by Crippen LogP contribution is 2.18. The number of hydrogen-bond acceptors (Lipinski definition) is 16. The van der Waals surface area contributed by atoms with E-state index < -0.39 is 164 Å². The fourth-order valence-corrected chi connectivity index (χ4v) is 5.85. The highest BCUT2D eigenvalue weighted by Gasteiger charge is 2.44. The molecule has 0 aromatic carbocycles. The number of carbonyl (C=O) groups is 10. The molecule has 0 aliphatic heterocycles. The van der Waals surface area contributed by atoms with Gasteiger partial charge in [0, 0.05) is 6.54 Å². The second-order valence-corrected chi connectivity index (χ2v) is 17.0. The maximum atomic E-state index is 14.0. The molecule has 0 bridgehead atoms. The third-order valence-electron chi connectivity index (χ3n) is 10.1. The molecule has 0 saturated heterocycles. The topological polar surface area (TPSA) is 422 Å². The normalized spacial score (nSPS) is 15.8. The molecule has 0 spiro atoms. The Kier molecular flexibility index (Phi) is 27.6. The molecule has 26 nitrogen and oxygen atoms in total. The summed E-state index contributed by atoms with van der Waals surface area (Å²) in [5.74, 6) is -18.2. The maximum Gasteiger partial charge on any atom is 0.490 e. The second kappa shape index (κ2) is 30.3. The van der Waals surface area contributed by atoms with Gasteiger partial charge in [-0.05, 0) is 43.9 Å². The quantitative estimate of drug-likeness (QED) is 0.0109. The third kappa shape index (κ3) is 24.0. The first-order chi connectivity index (χ1) is 33.0. The van der Waals surface area contributed by atoms with E-state index in [4.69, 9.17) is 16.9 Å². The molecule has 0 rings (SSSR count). The molecule has 0 aromatic rings. The predicted octanol–water partition coefficient (Wildman–Crippen LogP) is -3.61. The van der Waals surface area contributed by atoms with Crippen molar-refractivity contribution in [2.45, 2.75) is 141 Å². The number of aliphatic hydroxyl groups is 2. The predicted molar refractivity (Wildman–Crippen MR) is 235 cm³/mol. The Morgan fingerprint density at radius 2 is 1.10 bits per heavy atom. The average molecular weight is 1050 g/mol. The summed E-state index contributed by atoms with van der Waals surface area (Å²) in [5, 5.41) is 55.0. The first-order valence-corrected chi connectivity index (χ1v) is 22.0. The van der Waals surface area contributed by atoms with Crippen molar-refractivity contribution in [3.8, 4) is 0 Å². The van der Waals surface area contributed by atoms with Crippen LogP contribution in [0.5, 0.6) is 0 Å². The summed E-state index contributed by atoms with van der Waals surface area (Å²) in [4.78, 5) is 127. The van der Waals surface area contributed by atoms with Crippen LogP contribution in [0, 0.1) is 23.2 Å². The Morgan fingerprint density at radius 3 is 1.56 bits per heavy atom. The number of ether oxygens (including phenoxy) is 2. The van der Waals surface area contributed by atoms with Gasteiger partial charge in [0.15, 0.2) is 12.0 Å². The molecule has 72 heavy (non-hydrogen) atoms. The van der Waals surface area contributed by atoms with Crippen molar-refractivity contribution in [3.05, 3.63) is 0 Å². The summed E-state index contributed by atoms with van der Waals surface area (Å²) in [5.41, 5.74) is 11.3. The number of carbonyl (C=O) groups excluding carboxylic acids is 9. The molecular formula is C40H65F6N11O15. The van der Waals surface area contributed by atoms with Gasteiger partial charge in [-0.1, -0.05) is 48.0 Å². The minimum atomic E-state index is -5.66. The molecule has 0 fully saturated rings. The first kappa shape index (κ1) is 65.4. The van der Waals surface area contributed by atoms with Gasteiger partial charge in [-0.3, -0.25) is 39.0 Å². The largest absolute Gasteiger partial charge is 0.490 e. The minimum absolute atomic E-state index is 0.0407. The van der Waals surface area contributed by atoms with Crippen molar-refractivity contribution in [2.24, 2.45) is 29.2 Å². The number of rotatable bonds is 30. The summed E-state index contributed by atoms with van der Waals surface area (Å²) in [6, 6.07) is -12.6. The van der Waals surface area contributed by atoms with E-state index in [9.17, 15) is 89.6 Å². The number of nitrogens with one attached hydrogen (secondary N) is 9. The van der Waals surface area contributed by atoms with Crippen LogP contribution in [-0.2, 0) is 57.4 Å². The average Bonchev–Trinajstić information content (AvgIpc) is 3.27.